The Bertz CT molecular complexity index is 25.2. The van der Waals surface area contributed by atoms with Crippen molar-refractivity contribution in [2.75, 3.05) is 0 Å². The van der Waals surface area contributed by atoms with Gasteiger partial charge in [-0.3, -0.25) is 0 Å². The van der Waals surface area contributed by atoms with Crippen LogP contribution in [0, 0.1) is 0 Å². The SMILES string of the molecule is O.O.[Br][Nb]([Br])([Br])[Br]. The third kappa shape index (κ3) is 55.8. The van der Waals surface area contributed by atoms with Gasteiger partial charge in [0.15, 0.2) is 0 Å². The second kappa shape index (κ2) is 6.70. The third-order valence-electron chi connectivity index (χ3n) is 0. The Morgan fingerprint density at radius 1 is 0.714 bits per heavy atom. The summed E-state index contributed by atoms with van der Waals surface area (Å²) < 4.78 is 0. The van der Waals surface area contributed by atoms with E-state index in [4.69, 9.17) is 0 Å². The van der Waals surface area contributed by atoms with E-state index in [2.05, 4.69) is 52.1 Å². The summed E-state index contributed by atoms with van der Waals surface area (Å²) in [5, 5.41) is 0. The van der Waals surface area contributed by atoms with Crippen LogP contribution in [0.5, 0.6) is 0 Å². The molecule has 0 spiro atoms. The summed E-state index contributed by atoms with van der Waals surface area (Å²) in [5.41, 5.74) is 0. The first-order chi connectivity index (χ1) is 2.00. The van der Waals surface area contributed by atoms with Gasteiger partial charge in [-0.2, -0.15) is 0 Å². The molecule has 7 heteroatoms. The molecule has 2 nitrogen and oxygen atoms in total. The molecule has 0 radical (unpaired) electrons. The van der Waals surface area contributed by atoms with E-state index < -0.39 is 8.59 Å². The van der Waals surface area contributed by atoms with E-state index in [0.717, 1.165) is 0 Å². The van der Waals surface area contributed by atoms with Gasteiger partial charge in [0.2, 0.25) is 0 Å². The second-order valence-electron chi connectivity index (χ2n) is 0.383. The van der Waals surface area contributed by atoms with Crippen molar-refractivity contribution in [3.8, 4) is 0 Å². The van der Waals surface area contributed by atoms with Gasteiger partial charge < -0.3 is 11.0 Å². The van der Waals surface area contributed by atoms with Crippen LogP contribution in [-0.2, 0) is 8.59 Å². The number of rotatable bonds is 0. The molecule has 4 N–H and O–H groups in total. The van der Waals surface area contributed by atoms with E-state index in [0.29, 0.717) is 0 Å². The number of hydrogen-bond donors (Lipinski definition) is 0. The predicted molar refractivity (Wildman–Crippen MR) is 42.9 cm³/mol. The average molecular weight is 449 g/mol. The fourth-order valence-electron chi connectivity index (χ4n) is 0. The number of hydrogen-bond acceptors (Lipinski definition) is 0. The standard InChI is InChI=1S/4BrH.Nb.2H2O/h4*1H;;2*1H2/q;;;;+4;;/p-4. The van der Waals surface area contributed by atoms with E-state index in [1.807, 2.05) is 0 Å². The van der Waals surface area contributed by atoms with Crippen molar-refractivity contribution in [1.82, 2.24) is 0 Å². The third-order valence-corrected chi connectivity index (χ3v) is 0. The van der Waals surface area contributed by atoms with E-state index in [-0.39, 0.29) is 11.0 Å². The Morgan fingerprint density at radius 2 is 0.714 bits per heavy atom. The van der Waals surface area contributed by atoms with Gasteiger partial charge in [-0.1, -0.05) is 0 Å². The van der Waals surface area contributed by atoms with Crippen LogP contribution in [-0.4, -0.2) is 11.0 Å². The molecule has 0 fully saturated rings. The van der Waals surface area contributed by atoms with Crippen LogP contribution in [0.25, 0.3) is 0 Å². The minimum absolute atomic E-state index is 0. The molecule has 0 heterocycles. The molecule has 0 aromatic carbocycles. The average Bonchev–Trinajstić information content (AvgIpc) is 0.722. The fourth-order valence-corrected chi connectivity index (χ4v) is 0. The Hall–Kier alpha value is 2.58. The zero-order chi connectivity index (χ0) is 4.50. The minimum atomic E-state index is -1.85. The summed E-state index contributed by atoms with van der Waals surface area (Å²) in [5.74, 6) is 0. The Balaban J connectivity index is -0.0000000800. The first-order valence-corrected chi connectivity index (χ1v) is 20.8. The molecular formula is H4Br4NbO2. The van der Waals surface area contributed by atoms with Crippen LogP contribution in [0.1, 0.15) is 0 Å². The maximum atomic E-state index is 3.32. The topological polar surface area (TPSA) is 63.0 Å². The molecule has 0 aliphatic carbocycles. The first-order valence-electron chi connectivity index (χ1n) is 0.676. The number of halogens is 4. The van der Waals surface area contributed by atoms with Crippen LogP contribution in [0.3, 0.4) is 0 Å². The maximum absolute atomic E-state index is 3.32. The molecule has 0 atom stereocenters. The van der Waals surface area contributed by atoms with Crippen LogP contribution in [0.15, 0.2) is 0 Å². The summed E-state index contributed by atoms with van der Waals surface area (Å²) in [4.78, 5) is 0. The molecule has 0 amide bonds. The second-order valence-corrected chi connectivity index (χ2v) is 61.2. The van der Waals surface area contributed by atoms with E-state index in [1.165, 1.54) is 0 Å². The van der Waals surface area contributed by atoms with Crippen molar-refractivity contribution < 1.29 is 19.5 Å². The van der Waals surface area contributed by atoms with Gasteiger partial charge in [-0.05, 0) is 0 Å². The first kappa shape index (κ1) is 16.3. The van der Waals surface area contributed by atoms with Gasteiger partial charge in [0, 0.05) is 0 Å². The van der Waals surface area contributed by atoms with Crippen molar-refractivity contribution in [3.05, 3.63) is 0 Å². The fraction of sp³-hybridized carbons (Fsp3) is 0. The van der Waals surface area contributed by atoms with Crippen molar-refractivity contribution in [3.63, 3.8) is 0 Å². The van der Waals surface area contributed by atoms with Crippen molar-refractivity contribution in [2.24, 2.45) is 0 Å². The van der Waals surface area contributed by atoms with Crippen LogP contribution in [0.2, 0.25) is 0 Å². The summed E-state index contributed by atoms with van der Waals surface area (Å²) in [6, 6.07) is 0. The van der Waals surface area contributed by atoms with Crippen molar-refractivity contribution in [1.29, 1.82) is 0 Å². The van der Waals surface area contributed by atoms with Gasteiger partial charge in [-0.15, -0.1) is 0 Å². The molecule has 49 valence electrons. The molecule has 0 unspecified atom stereocenters. The van der Waals surface area contributed by atoms with Gasteiger partial charge in [-0.25, -0.2) is 0 Å². The Labute approximate surface area is 70.4 Å². The molecule has 0 rings (SSSR count). The molecular weight excluding hydrogens is 445 g/mol. The van der Waals surface area contributed by atoms with Crippen molar-refractivity contribution >= 4 is 52.1 Å². The van der Waals surface area contributed by atoms with Crippen molar-refractivity contribution in [2.45, 2.75) is 0 Å². The normalized spacial score (nSPS) is 8.57. The molecule has 0 bridgehead atoms. The summed E-state index contributed by atoms with van der Waals surface area (Å²) in [6.45, 7) is 0. The predicted octanol–water partition coefficient (Wildman–Crippen LogP) is 1.73. The van der Waals surface area contributed by atoms with Gasteiger partial charge in [0.1, 0.15) is 0 Å². The quantitative estimate of drug-likeness (QED) is 0.507. The summed E-state index contributed by atoms with van der Waals surface area (Å²) in [6.07, 6.45) is 0. The Morgan fingerprint density at radius 3 is 0.714 bits per heavy atom. The monoisotopic (exact) mass is 445 g/mol. The molecule has 0 saturated carbocycles. The molecule has 0 aromatic rings. The molecule has 0 aliphatic heterocycles. The van der Waals surface area contributed by atoms with E-state index >= 15 is 0 Å². The Kier molecular flexibility index (Phi) is 15.6. The van der Waals surface area contributed by atoms with Crippen LogP contribution >= 0.6 is 52.1 Å². The van der Waals surface area contributed by atoms with E-state index in [1.54, 1.807) is 0 Å². The van der Waals surface area contributed by atoms with Crippen LogP contribution < -0.4 is 0 Å². The van der Waals surface area contributed by atoms with Crippen LogP contribution in [0.4, 0.5) is 0 Å². The van der Waals surface area contributed by atoms with E-state index in [9.17, 15) is 0 Å². The molecule has 0 saturated heterocycles. The molecule has 0 aromatic heterocycles. The zero-order valence-electron chi connectivity index (χ0n) is 2.96. The molecule has 7 heavy (non-hydrogen) atoms. The summed E-state index contributed by atoms with van der Waals surface area (Å²) in [7, 11) is -1.85. The summed E-state index contributed by atoms with van der Waals surface area (Å²) >= 11 is 13.3. The van der Waals surface area contributed by atoms with Gasteiger partial charge in [0.05, 0.1) is 0 Å². The zero-order valence-corrected chi connectivity index (χ0v) is 11.5. The van der Waals surface area contributed by atoms with Gasteiger partial charge in [0.25, 0.3) is 0 Å². The van der Waals surface area contributed by atoms with Gasteiger partial charge >= 0.3 is 60.7 Å². The molecule has 0 aliphatic rings.